The number of anilines is 1. The highest BCUT2D eigenvalue weighted by Crippen LogP contribution is 2.10. The molecule has 14 heavy (non-hydrogen) atoms. The highest BCUT2D eigenvalue weighted by atomic mass is 35.5. The fraction of sp³-hybridized carbons (Fsp3) is 0.222. The van der Waals surface area contributed by atoms with Crippen LogP contribution in [0.1, 0.15) is 24.2 Å². The van der Waals surface area contributed by atoms with Gasteiger partial charge in [0.1, 0.15) is 16.8 Å². The average Bonchev–Trinajstić information content (AvgIpc) is 2.03. The summed E-state index contributed by atoms with van der Waals surface area (Å²) in [4.78, 5) is 23.3. The maximum absolute atomic E-state index is 10.2. The molecule has 0 bridgehead atoms. The van der Waals surface area contributed by atoms with Crippen LogP contribution in [0.2, 0.25) is 5.15 Å². The van der Waals surface area contributed by atoms with Crippen molar-refractivity contribution in [2.45, 2.75) is 13.8 Å². The summed E-state index contributed by atoms with van der Waals surface area (Å²) < 4.78 is 0. The second-order valence-electron chi connectivity index (χ2n) is 2.63. The summed E-state index contributed by atoms with van der Waals surface area (Å²) in [6, 6.07) is 3.04. The van der Waals surface area contributed by atoms with Gasteiger partial charge >= 0.3 is 0 Å². The first-order chi connectivity index (χ1) is 6.47. The van der Waals surface area contributed by atoms with Gasteiger partial charge in [0.15, 0.2) is 6.29 Å². The molecule has 0 saturated heterocycles. The number of aldehydes is 1. The van der Waals surface area contributed by atoms with Crippen LogP contribution < -0.4 is 5.73 Å². The molecule has 1 rings (SSSR count). The smallest absolute Gasteiger partial charge is 0.153 e. The van der Waals surface area contributed by atoms with Crippen LogP contribution in [0.5, 0.6) is 0 Å². The number of halogens is 1. The highest BCUT2D eigenvalue weighted by molar-refractivity contribution is 6.29. The minimum atomic E-state index is 0.167. The number of aromatic nitrogens is 1. The van der Waals surface area contributed by atoms with E-state index in [1.165, 1.54) is 26.0 Å². The number of ketones is 1. The molecule has 0 aliphatic heterocycles. The third kappa shape index (κ3) is 5.27. The van der Waals surface area contributed by atoms with Crippen LogP contribution in [0.3, 0.4) is 0 Å². The summed E-state index contributed by atoms with van der Waals surface area (Å²) in [7, 11) is 0. The number of rotatable bonds is 1. The number of hydrogen-bond acceptors (Lipinski definition) is 4. The van der Waals surface area contributed by atoms with E-state index in [0.29, 0.717) is 17.0 Å². The predicted molar refractivity (Wildman–Crippen MR) is 55.4 cm³/mol. The van der Waals surface area contributed by atoms with Gasteiger partial charge in [-0.25, -0.2) is 4.98 Å². The van der Waals surface area contributed by atoms with E-state index in [9.17, 15) is 9.59 Å². The molecule has 0 unspecified atom stereocenters. The molecule has 0 radical (unpaired) electrons. The molecular weight excluding hydrogens is 204 g/mol. The minimum Gasteiger partial charge on any atom is -0.383 e. The van der Waals surface area contributed by atoms with Crippen LogP contribution in [0.25, 0.3) is 0 Å². The average molecular weight is 215 g/mol. The molecule has 0 saturated carbocycles. The van der Waals surface area contributed by atoms with Gasteiger partial charge in [0.25, 0.3) is 0 Å². The lowest BCUT2D eigenvalue weighted by Crippen LogP contribution is -1.95. The Bertz CT molecular complexity index is 336. The maximum atomic E-state index is 10.2. The van der Waals surface area contributed by atoms with E-state index in [2.05, 4.69) is 4.98 Å². The number of pyridine rings is 1. The number of carbonyl (C=O) groups is 2. The van der Waals surface area contributed by atoms with E-state index in [0.717, 1.165) is 0 Å². The third-order valence-corrected chi connectivity index (χ3v) is 1.26. The van der Waals surface area contributed by atoms with Crippen molar-refractivity contribution in [2.75, 3.05) is 5.73 Å². The zero-order valence-electron chi connectivity index (χ0n) is 7.95. The Morgan fingerprint density at radius 3 is 2.36 bits per heavy atom. The maximum Gasteiger partial charge on any atom is 0.153 e. The summed E-state index contributed by atoms with van der Waals surface area (Å²) in [5.74, 6) is 0.336. The number of carbonyl (C=O) groups excluding carboxylic acids is 2. The van der Waals surface area contributed by atoms with E-state index >= 15 is 0 Å². The molecular formula is C9H11ClN2O2. The van der Waals surface area contributed by atoms with E-state index in [1.807, 2.05) is 0 Å². The van der Waals surface area contributed by atoms with Gasteiger partial charge < -0.3 is 10.5 Å². The summed E-state index contributed by atoms with van der Waals surface area (Å²) in [5.41, 5.74) is 5.67. The van der Waals surface area contributed by atoms with Gasteiger partial charge in [-0.15, -0.1) is 0 Å². The molecule has 0 spiro atoms. The van der Waals surface area contributed by atoms with Crippen LogP contribution in [-0.2, 0) is 4.79 Å². The lowest BCUT2D eigenvalue weighted by Gasteiger charge is -1.95. The lowest BCUT2D eigenvalue weighted by atomic mass is 10.3. The van der Waals surface area contributed by atoms with Crippen molar-refractivity contribution < 1.29 is 9.59 Å². The van der Waals surface area contributed by atoms with Crippen LogP contribution in [-0.4, -0.2) is 17.1 Å². The van der Waals surface area contributed by atoms with Crippen LogP contribution in [0, 0.1) is 0 Å². The molecule has 0 atom stereocenters. The van der Waals surface area contributed by atoms with Gasteiger partial charge in [0, 0.05) is 0 Å². The van der Waals surface area contributed by atoms with Crippen molar-refractivity contribution in [1.82, 2.24) is 4.98 Å². The first kappa shape index (κ1) is 12.6. The number of hydrogen-bond donors (Lipinski definition) is 1. The molecule has 76 valence electrons. The summed E-state index contributed by atoms with van der Waals surface area (Å²) in [6.07, 6.45) is 0.638. The molecule has 0 amide bonds. The van der Waals surface area contributed by atoms with Gasteiger partial charge in [0.05, 0.1) is 5.56 Å². The minimum absolute atomic E-state index is 0.167. The molecule has 1 aromatic rings. The molecule has 4 nitrogen and oxygen atoms in total. The SMILES string of the molecule is CC(C)=O.Nc1nc(Cl)ccc1C=O. The zero-order chi connectivity index (χ0) is 11.1. The second-order valence-corrected chi connectivity index (χ2v) is 3.02. The molecule has 1 aromatic heterocycles. The van der Waals surface area contributed by atoms with E-state index in [-0.39, 0.29) is 11.6 Å². The molecule has 5 heteroatoms. The zero-order valence-corrected chi connectivity index (χ0v) is 8.71. The fourth-order valence-corrected chi connectivity index (χ4v) is 0.715. The molecule has 0 aliphatic carbocycles. The van der Waals surface area contributed by atoms with Crippen LogP contribution in [0.4, 0.5) is 5.82 Å². The monoisotopic (exact) mass is 214 g/mol. The Balaban J connectivity index is 0.000000364. The predicted octanol–water partition coefficient (Wildman–Crippen LogP) is 1.72. The van der Waals surface area contributed by atoms with Gasteiger partial charge in [0.2, 0.25) is 0 Å². The number of nitrogens with two attached hydrogens (primary N) is 1. The largest absolute Gasteiger partial charge is 0.383 e. The van der Waals surface area contributed by atoms with Crippen molar-refractivity contribution in [3.8, 4) is 0 Å². The van der Waals surface area contributed by atoms with E-state index < -0.39 is 0 Å². The Morgan fingerprint density at radius 2 is 2.00 bits per heavy atom. The quantitative estimate of drug-likeness (QED) is 0.571. The van der Waals surface area contributed by atoms with Crippen molar-refractivity contribution in [3.05, 3.63) is 22.8 Å². The van der Waals surface area contributed by atoms with Gasteiger partial charge in [-0.05, 0) is 26.0 Å². The van der Waals surface area contributed by atoms with E-state index in [4.69, 9.17) is 17.3 Å². The highest BCUT2D eigenvalue weighted by Gasteiger charge is 1.97. The lowest BCUT2D eigenvalue weighted by molar-refractivity contribution is -0.114. The molecule has 2 N–H and O–H groups in total. The normalized spacial score (nSPS) is 8.50. The first-order valence-electron chi connectivity index (χ1n) is 3.81. The van der Waals surface area contributed by atoms with Gasteiger partial charge in [-0.1, -0.05) is 11.6 Å². The molecule has 0 fully saturated rings. The second kappa shape index (κ2) is 6.10. The number of nitrogen functional groups attached to an aromatic ring is 1. The number of nitrogens with zero attached hydrogens (tertiary/aromatic N) is 1. The molecule has 0 aromatic carbocycles. The van der Waals surface area contributed by atoms with Crippen LogP contribution in [0.15, 0.2) is 12.1 Å². The third-order valence-electron chi connectivity index (χ3n) is 1.05. The summed E-state index contributed by atoms with van der Waals surface area (Å²) in [5, 5.41) is 0.295. The standard InChI is InChI=1S/C6H5ClN2O.C3H6O/c7-5-2-1-4(3-10)6(8)9-5;1-3(2)4/h1-3H,(H2,8,9);1-2H3. The molecule has 0 aliphatic rings. The Morgan fingerprint density at radius 1 is 1.50 bits per heavy atom. The van der Waals surface area contributed by atoms with Crippen molar-refractivity contribution in [2.24, 2.45) is 0 Å². The van der Waals surface area contributed by atoms with Crippen molar-refractivity contribution >= 4 is 29.5 Å². The Hall–Kier alpha value is -1.42. The first-order valence-corrected chi connectivity index (χ1v) is 4.19. The van der Waals surface area contributed by atoms with Gasteiger partial charge in [-0.3, -0.25) is 4.79 Å². The fourth-order valence-electron chi connectivity index (χ4n) is 0.560. The Labute approximate surface area is 87.1 Å². The topological polar surface area (TPSA) is 73.1 Å². The van der Waals surface area contributed by atoms with E-state index in [1.54, 1.807) is 0 Å². The van der Waals surface area contributed by atoms with Crippen LogP contribution >= 0.6 is 11.6 Å². The van der Waals surface area contributed by atoms with Crippen molar-refractivity contribution in [1.29, 1.82) is 0 Å². The summed E-state index contributed by atoms with van der Waals surface area (Å²) >= 11 is 5.47. The van der Waals surface area contributed by atoms with Gasteiger partial charge in [-0.2, -0.15) is 0 Å². The molecule has 1 heterocycles. The summed E-state index contributed by atoms with van der Waals surface area (Å²) in [6.45, 7) is 3.06. The number of Topliss-reactive ketones (excluding diaryl/α,β-unsaturated/α-hetero) is 1. The van der Waals surface area contributed by atoms with Crippen molar-refractivity contribution in [3.63, 3.8) is 0 Å². The Kier molecular flexibility index (Phi) is 5.48.